The van der Waals surface area contributed by atoms with E-state index in [1.165, 1.54) is 0 Å². The summed E-state index contributed by atoms with van der Waals surface area (Å²) in [5.41, 5.74) is 2.05. The summed E-state index contributed by atoms with van der Waals surface area (Å²) in [7, 11) is 0. The van der Waals surface area contributed by atoms with Gasteiger partial charge in [-0.05, 0) is 31.0 Å². The summed E-state index contributed by atoms with van der Waals surface area (Å²) in [6.45, 7) is 5.15. The van der Waals surface area contributed by atoms with E-state index in [1.54, 1.807) is 0 Å². The summed E-state index contributed by atoms with van der Waals surface area (Å²) in [5.74, 6) is 0.202. The third-order valence-corrected chi connectivity index (χ3v) is 3.43. The van der Waals surface area contributed by atoms with E-state index in [4.69, 9.17) is 4.74 Å². The molecule has 112 valence electrons. The van der Waals surface area contributed by atoms with Crippen molar-refractivity contribution in [1.29, 1.82) is 0 Å². The first-order chi connectivity index (χ1) is 9.31. The minimum atomic E-state index is 0. The van der Waals surface area contributed by atoms with Gasteiger partial charge in [0.05, 0.1) is 0 Å². The van der Waals surface area contributed by atoms with Crippen molar-refractivity contribution >= 4 is 24.0 Å². The minimum Gasteiger partial charge on any atom is -0.381 e. The van der Waals surface area contributed by atoms with E-state index in [-0.39, 0.29) is 24.2 Å². The molecule has 0 radical (unpaired) electrons. The third-order valence-electron chi connectivity index (χ3n) is 3.43. The number of rotatable bonds is 5. The average molecular weight is 299 g/mol. The Hall–Kier alpha value is -1.10. The minimum absolute atomic E-state index is 0. The number of ether oxygens (including phenoxy) is 1. The van der Waals surface area contributed by atoms with Crippen LogP contribution in [0.4, 0.5) is 5.69 Å². The standard InChI is InChI=1S/C15H22N2O2.ClH/c1-2-16-11-13-5-3-4-6-14(13)17-15(18)12-7-9-19-10-8-12;/h3-6,12,16H,2,7-11H2,1H3,(H,17,18);1H. The van der Waals surface area contributed by atoms with Gasteiger partial charge < -0.3 is 15.4 Å². The van der Waals surface area contributed by atoms with Gasteiger partial charge in [0.15, 0.2) is 0 Å². The molecule has 0 aromatic heterocycles. The molecule has 0 saturated carbocycles. The second kappa shape index (κ2) is 8.95. The van der Waals surface area contributed by atoms with Gasteiger partial charge in [0.1, 0.15) is 0 Å². The van der Waals surface area contributed by atoms with Crippen LogP contribution in [0.3, 0.4) is 0 Å². The first-order valence-electron chi connectivity index (χ1n) is 6.98. The Kier molecular flexibility index (Phi) is 7.59. The van der Waals surface area contributed by atoms with E-state index in [0.717, 1.165) is 37.2 Å². The molecule has 1 aromatic carbocycles. The lowest BCUT2D eigenvalue weighted by molar-refractivity contribution is -0.122. The topological polar surface area (TPSA) is 50.4 Å². The van der Waals surface area contributed by atoms with Crippen LogP contribution in [0.15, 0.2) is 24.3 Å². The molecule has 1 saturated heterocycles. The summed E-state index contributed by atoms with van der Waals surface area (Å²) >= 11 is 0. The van der Waals surface area contributed by atoms with Gasteiger partial charge in [-0.15, -0.1) is 12.4 Å². The Morgan fingerprint density at radius 1 is 1.30 bits per heavy atom. The highest BCUT2D eigenvalue weighted by Gasteiger charge is 2.21. The van der Waals surface area contributed by atoms with Crippen molar-refractivity contribution in [1.82, 2.24) is 5.32 Å². The molecule has 0 bridgehead atoms. The summed E-state index contributed by atoms with van der Waals surface area (Å²) < 4.78 is 5.29. The van der Waals surface area contributed by atoms with Crippen LogP contribution in [0.2, 0.25) is 0 Å². The van der Waals surface area contributed by atoms with E-state index < -0.39 is 0 Å². The zero-order chi connectivity index (χ0) is 13.5. The fourth-order valence-corrected chi connectivity index (χ4v) is 2.25. The van der Waals surface area contributed by atoms with Crippen molar-refractivity contribution in [3.8, 4) is 0 Å². The Balaban J connectivity index is 0.00000200. The maximum absolute atomic E-state index is 12.2. The molecule has 1 amide bonds. The van der Waals surface area contributed by atoms with Gasteiger partial charge in [0.2, 0.25) is 5.91 Å². The molecule has 1 aliphatic rings. The van der Waals surface area contributed by atoms with Gasteiger partial charge in [-0.3, -0.25) is 4.79 Å². The SMILES string of the molecule is CCNCc1ccccc1NC(=O)C1CCOCC1.Cl. The quantitative estimate of drug-likeness (QED) is 0.878. The summed E-state index contributed by atoms with van der Waals surface area (Å²) in [6.07, 6.45) is 1.64. The lowest BCUT2D eigenvalue weighted by Gasteiger charge is -2.22. The second-order valence-corrected chi connectivity index (χ2v) is 4.81. The Bertz CT molecular complexity index is 420. The van der Waals surface area contributed by atoms with Gasteiger partial charge in [-0.2, -0.15) is 0 Å². The van der Waals surface area contributed by atoms with Crippen LogP contribution in [-0.4, -0.2) is 25.7 Å². The van der Waals surface area contributed by atoms with Gasteiger partial charge >= 0.3 is 0 Å². The molecule has 1 aromatic rings. The molecule has 4 nitrogen and oxygen atoms in total. The van der Waals surface area contributed by atoms with E-state index >= 15 is 0 Å². The van der Waals surface area contributed by atoms with E-state index in [2.05, 4.69) is 17.6 Å². The van der Waals surface area contributed by atoms with E-state index in [0.29, 0.717) is 13.2 Å². The summed E-state index contributed by atoms with van der Waals surface area (Å²) in [4.78, 5) is 12.2. The lowest BCUT2D eigenvalue weighted by atomic mass is 9.99. The number of nitrogens with one attached hydrogen (secondary N) is 2. The first-order valence-corrected chi connectivity index (χ1v) is 6.98. The molecule has 0 spiro atoms. The van der Waals surface area contributed by atoms with Gasteiger partial charge in [-0.1, -0.05) is 25.1 Å². The molecule has 5 heteroatoms. The molecule has 1 fully saturated rings. The molecule has 0 atom stereocenters. The predicted molar refractivity (Wildman–Crippen MR) is 83.2 cm³/mol. The van der Waals surface area contributed by atoms with Crippen molar-refractivity contribution in [2.45, 2.75) is 26.3 Å². The first kappa shape index (κ1) is 17.0. The van der Waals surface area contributed by atoms with Crippen molar-refractivity contribution < 1.29 is 9.53 Å². The third kappa shape index (κ3) is 4.78. The molecule has 20 heavy (non-hydrogen) atoms. The summed E-state index contributed by atoms with van der Waals surface area (Å²) in [6, 6.07) is 7.96. The number of halogens is 1. The number of carbonyl (C=O) groups excluding carboxylic acids is 1. The average Bonchev–Trinajstić information content (AvgIpc) is 2.47. The Morgan fingerprint density at radius 3 is 2.70 bits per heavy atom. The zero-order valence-electron chi connectivity index (χ0n) is 11.9. The Morgan fingerprint density at radius 2 is 2.00 bits per heavy atom. The van der Waals surface area contributed by atoms with Crippen LogP contribution >= 0.6 is 12.4 Å². The number of hydrogen-bond donors (Lipinski definition) is 2. The fourth-order valence-electron chi connectivity index (χ4n) is 2.25. The maximum Gasteiger partial charge on any atom is 0.227 e. The monoisotopic (exact) mass is 298 g/mol. The van der Waals surface area contributed by atoms with E-state index in [9.17, 15) is 4.79 Å². The molecule has 1 heterocycles. The number of para-hydroxylation sites is 1. The zero-order valence-corrected chi connectivity index (χ0v) is 12.7. The van der Waals surface area contributed by atoms with Crippen LogP contribution in [0.5, 0.6) is 0 Å². The van der Waals surface area contributed by atoms with Crippen LogP contribution in [0.1, 0.15) is 25.3 Å². The number of amides is 1. The fraction of sp³-hybridized carbons (Fsp3) is 0.533. The van der Waals surface area contributed by atoms with Crippen molar-refractivity contribution in [3.63, 3.8) is 0 Å². The number of hydrogen-bond acceptors (Lipinski definition) is 3. The molecule has 2 N–H and O–H groups in total. The highest BCUT2D eigenvalue weighted by Crippen LogP contribution is 2.20. The maximum atomic E-state index is 12.2. The molecule has 2 rings (SSSR count). The second-order valence-electron chi connectivity index (χ2n) is 4.81. The van der Waals surface area contributed by atoms with Crippen molar-refractivity contribution in [3.05, 3.63) is 29.8 Å². The molecule has 1 aliphatic heterocycles. The van der Waals surface area contributed by atoms with Gasteiger partial charge in [0.25, 0.3) is 0 Å². The molecule has 0 aliphatic carbocycles. The predicted octanol–water partition coefficient (Wildman–Crippen LogP) is 2.58. The highest BCUT2D eigenvalue weighted by atomic mass is 35.5. The lowest BCUT2D eigenvalue weighted by Crippen LogP contribution is -2.29. The van der Waals surface area contributed by atoms with Gasteiger partial charge in [0, 0.05) is 31.4 Å². The number of benzene rings is 1. The summed E-state index contributed by atoms with van der Waals surface area (Å²) in [5, 5.41) is 6.34. The molecule has 0 unspecified atom stereocenters. The number of carbonyl (C=O) groups is 1. The van der Waals surface area contributed by atoms with Crippen LogP contribution in [0, 0.1) is 5.92 Å². The van der Waals surface area contributed by atoms with Crippen LogP contribution < -0.4 is 10.6 Å². The Labute approximate surface area is 126 Å². The molecular formula is C15H23ClN2O2. The van der Waals surface area contributed by atoms with Crippen molar-refractivity contribution in [2.24, 2.45) is 5.92 Å². The molecular weight excluding hydrogens is 276 g/mol. The normalized spacial score (nSPS) is 15.4. The largest absolute Gasteiger partial charge is 0.381 e. The van der Waals surface area contributed by atoms with E-state index in [1.807, 2.05) is 24.3 Å². The van der Waals surface area contributed by atoms with Crippen LogP contribution in [-0.2, 0) is 16.1 Å². The number of anilines is 1. The highest BCUT2D eigenvalue weighted by molar-refractivity contribution is 5.93. The van der Waals surface area contributed by atoms with Gasteiger partial charge in [-0.25, -0.2) is 0 Å². The van der Waals surface area contributed by atoms with Crippen molar-refractivity contribution in [2.75, 3.05) is 25.1 Å². The van der Waals surface area contributed by atoms with Crippen LogP contribution in [0.25, 0.3) is 0 Å². The smallest absolute Gasteiger partial charge is 0.227 e.